The fourth-order valence-corrected chi connectivity index (χ4v) is 4.35. The number of hydrogen-bond acceptors (Lipinski definition) is 5. The molecule has 5 rings (SSSR count). The molecule has 1 aromatic carbocycles. The average Bonchev–Trinajstić information content (AvgIpc) is 3.36. The molecular formula is C25H26N6O. The van der Waals surface area contributed by atoms with Gasteiger partial charge in [0.2, 0.25) is 0 Å². The van der Waals surface area contributed by atoms with Crippen LogP contribution in [-0.2, 0) is 0 Å². The number of carbonyl (C=O) groups excluding carboxylic acids is 1. The van der Waals surface area contributed by atoms with Crippen molar-refractivity contribution in [3.8, 4) is 5.82 Å². The van der Waals surface area contributed by atoms with Crippen molar-refractivity contribution < 1.29 is 4.79 Å². The molecule has 0 aliphatic heterocycles. The van der Waals surface area contributed by atoms with E-state index in [0.29, 0.717) is 11.6 Å². The maximum atomic E-state index is 12.6. The molecule has 0 bridgehead atoms. The molecule has 7 heteroatoms. The van der Waals surface area contributed by atoms with E-state index >= 15 is 0 Å². The molecule has 0 saturated heterocycles. The van der Waals surface area contributed by atoms with Gasteiger partial charge in [-0.2, -0.15) is 0 Å². The van der Waals surface area contributed by atoms with Crippen molar-refractivity contribution in [2.24, 2.45) is 0 Å². The predicted octanol–water partition coefficient (Wildman–Crippen LogP) is 4.28. The fourth-order valence-electron chi connectivity index (χ4n) is 4.35. The summed E-state index contributed by atoms with van der Waals surface area (Å²) in [6.07, 6.45) is 10.7. The fraction of sp³-hybridized carbons (Fsp3) is 0.280. The molecule has 0 atom stereocenters. The summed E-state index contributed by atoms with van der Waals surface area (Å²) in [5, 5.41) is 7.96. The van der Waals surface area contributed by atoms with E-state index in [9.17, 15) is 4.79 Å². The standard InChI is InChI=1S/C25H26N6O/c1-17-14-23(30-22-5-3-2-4-21(17)22)28-19-7-9-20(10-8-19)29-25(32)18-6-11-24(27-15-18)31-13-12-26-16-31/h2-6,11-16,19-20H,7-10H2,1H3,(H,28,30)(H,29,32). The molecule has 3 aromatic heterocycles. The number of pyridine rings is 2. The Morgan fingerprint density at radius 1 is 1.06 bits per heavy atom. The second-order valence-corrected chi connectivity index (χ2v) is 8.38. The number of nitrogens with one attached hydrogen (secondary N) is 2. The molecule has 1 saturated carbocycles. The first-order valence-electron chi connectivity index (χ1n) is 11.0. The third-order valence-corrected chi connectivity index (χ3v) is 6.12. The highest BCUT2D eigenvalue weighted by atomic mass is 16.1. The van der Waals surface area contributed by atoms with Gasteiger partial charge in [-0.05, 0) is 62.4 Å². The molecular weight excluding hydrogens is 400 g/mol. The van der Waals surface area contributed by atoms with Gasteiger partial charge in [0.1, 0.15) is 18.0 Å². The van der Waals surface area contributed by atoms with Crippen LogP contribution in [0.1, 0.15) is 41.6 Å². The lowest BCUT2D eigenvalue weighted by Gasteiger charge is -2.30. The Balaban J connectivity index is 1.15. The Bertz CT molecular complexity index is 1210. The Labute approximate surface area is 186 Å². The van der Waals surface area contributed by atoms with Gasteiger partial charge in [0.05, 0.1) is 11.1 Å². The minimum atomic E-state index is -0.0714. The van der Waals surface area contributed by atoms with Crippen LogP contribution in [0.15, 0.2) is 67.4 Å². The molecule has 0 spiro atoms. The van der Waals surface area contributed by atoms with Crippen molar-refractivity contribution in [1.29, 1.82) is 0 Å². The first kappa shape index (κ1) is 20.2. The van der Waals surface area contributed by atoms with Crippen LogP contribution in [0.4, 0.5) is 5.82 Å². The van der Waals surface area contributed by atoms with Crippen LogP contribution < -0.4 is 10.6 Å². The van der Waals surface area contributed by atoms with Crippen LogP contribution in [0, 0.1) is 6.92 Å². The lowest BCUT2D eigenvalue weighted by atomic mass is 9.91. The lowest BCUT2D eigenvalue weighted by molar-refractivity contribution is 0.0926. The van der Waals surface area contributed by atoms with Gasteiger partial charge in [-0.3, -0.25) is 9.36 Å². The number of aromatic nitrogens is 4. The number of amides is 1. The molecule has 1 aliphatic rings. The number of fused-ring (bicyclic) bond motifs is 1. The second-order valence-electron chi connectivity index (χ2n) is 8.38. The minimum Gasteiger partial charge on any atom is -0.367 e. The van der Waals surface area contributed by atoms with Crippen LogP contribution in [0.5, 0.6) is 0 Å². The molecule has 32 heavy (non-hydrogen) atoms. The van der Waals surface area contributed by atoms with Crippen molar-refractivity contribution in [3.63, 3.8) is 0 Å². The number of rotatable bonds is 5. The topological polar surface area (TPSA) is 84.7 Å². The number of para-hydroxylation sites is 1. The van der Waals surface area contributed by atoms with Gasteiger partial charge in [-0.1, -0.05) is 18.2 Å². The van der Waals surface area contributed by atoms with Gasteiger partial charge in [0.15, 0.2) is 0 Å². The maximum Gasteiger partial charge on any atom is 0.253 e. The van der Waals surface area contributed by atoms with Crippen LogP contribution in [0.2, 0.25) is 0 Å². The highest BCUT2D eigenvalue weighted by Gasteiger charge is 2.23. The number of anilines is 1. The summed E-state index contributed by atoms with van der Waals surface area (Å²) in [5.41, 5.74) is 2.82. The van der Waals surface area contributed by atoms with Gasteiger partial charge in [-0.25, -0.2) is 15.0 Å². The maximum absolute atomic E-state index is 12.6. The minimum absolute atomic E-state index is 0.0714. The van der Waals surface area contributed by atoms with E-state index in [4.69, 9.17) is 4.98 Å². The first-order chi connectivity index (χ1) is 15.7. The van der Waals surface area contributed by atoms with Crippen molar-refractivity contribution in [1.82, 2.24) is 24.8 Å². The van der Waals surface area contributed by atoms with Crippen LogP contribution in [-0.4, -0.2) is 37.5 Å². The molecule has 1 aliphatic carbocycles. The summed E-state index contributed by atoms with van der Waals surface area (Å²) >= 11 is 0. The first-order valence-corrected chi connectivity index (χ1v) is 11.0. The van der Waals surface area contributed by atoms with Crippen molar-refractivity contribution in [2.45, 2.75) is 44.7 Å². The Morgan fingerprint density at radius 2 is 1.88 bits per heavy atom. The van der Waals surface area contributed by atoms with E-state index in [1.165, 1.54) is 10.9 Å². The second kappa shape index (κ2) is 8.78. The molecule has 162 valence electrons. The van der Waals surface area contributed by atoms with E-state index in [1.54, 1.807) is 24.8 Å². The van der Waals surface area contributed by atoms with E-state index in [0.717, 1.165) is 42.8 Å². The van der Waals surface area contributed by atoms with E-state index < -0.39 is 0 Å². The normalized spacial score (nSPS) is 18.4. The zero-order valence-corrected chi connectivity index (χ0v) is 18.0. The number of benzene rings is 1. The summed E-state index contributed by atoms with van der Waals surface area (Å²) in [5.74, 6) is 1.60. The van der Waals surface area contributed by atoms with Gasteiger partial charge in [0.25, 0.3) is 5.91 Å². The Morgan fingerprint density at radius 3 is 2.62 bits per heavy atom. The van der Waals surface area contributed by atoms with Gasteiger partial charge in [-0.15, -0.1) is 0 Å². The quantitative estimate of drug-likeness (QED) is 0.498. The van der Waals surface area contributed by atoms with Crippen LogP contribution in [0.3, 0.4) is 0 Å². The van der Waals surface area contributed by atoms with E-state index in [-0.39, 0.29) is 11.9 Å². The highest BCUT2D eigenvalue weighted by molar-refractivity contribution is 5.94. The summed E-state index contributed by atoms with van der Waals surface area (Å²) in [4.78, 5) is 25.8. The molecule has 0 radical (unpaired) electrons. The van der Waals surface area contributed by atoms with Crippen LogP contribution in [0.25, 0.3) is 16.7 Å². The summed E-state index contributed by atoms with van der Waals surface area (Å²) in [6.45, 7) is 2.12. The zero-order valence-electron chi connectivity index (χ0n) is 18.0. The molecule has 2 N–H and O–H groups in total. The molecule has 1 fully saturated rings. The van der Waals surface area contributed by atoms with Crippen molar-refractivity contribution in [3.05, 3.63) is 78.5 Å². The van der Waals surface area contributed by atoms with E-state index in [1.807, 2.05) is 29.0 Å². The molecule has 0 unspecified atom stereocenters. The number of carbonyl (C=O) groups is 1. The largest absolute Gasteiger partial charge is 0.367 e. The Kier molecular flexibility index (Phi) is 5.54. The third-order valence-electron chi connectivity index (χ3n) is 6.12. The lowest BCUT2D eigenvalue weighted by Crippen LogP contribution is -2.40. The smallest absolute Gasteiger partial charge is 0.253 e. The van der Waals surface area contributed by atoms with E-state index in [2.05, 4.69) is 45.7 Å². The average molecular weight is 427 g/mol. The summed E-state index contributed by atoms with van der Waals surface area (Å²) in [6, 6.07) is 14.5. The van der Waals surface area contributed by atoms with Gasteiger partial charge in [0, 0.05) is 36.1 Å². The predicted molar refractivity (Wildman–Crippen MR) is 125 cm³/mol. The summed E-state index contributed by atoms with van der Waals surface area (Å²) in [7, 11) is 0. The third kappa shape index (κ3) is 4.32. The zero-order chi connectivity index (χ0) is 21.9. The molecule has 4 aromatic rings. The molecule has 3 heterocycles. The SMILES string of the molecule is Cc1cc(NC2CCC(NC(=O)c3ccc(-n4ccnc4)nc3)CC2)nc2ccccc12. The van der Waals surface area contributed by atoms with Crippen molar-refractivity contribution in [2.75, 3.05) is 5.32 Å². The monoisotopic (exact) mass is 426 g/mol. The number of aryl methyl sites for hydroxylation is 1. The van der Waals surface area contributed by atoms with Crippen molar-refractivity contribution >= 4 is 22.6 Å². The van der Waals surface area contributed by atoms with Crippen LogP contribution >= 0.6 is 0 Å². The number of nitrogens with zero attached hydrogens (tertiary/aromatic N) is 4. The molecule has 7 nitrogen and oxygen atoms in total. The highest BCUT2D eigenvalue weighted by Crippen LogP contribution is 2.25. The Hall–Kier alpha value is -3.74. The van der Waals surface area contributed by atoms with Gasteiger partial charge < -0.3 is 10.6 Å². The molecule has 1 amide bonds. The van der Waals surface area contributed by atoms with Gasteiger partial charge >= 0.3 is 0 Å². The number of imidazole rings is 1. The summed E-state index contributed by atoms with van der Waals surface area (Å²) < 4.78 is 1.81. The number of hydrogen-bond donors (Lipinski definition) is 2.